The molecule has 1 aliphatic rings. The van der Waals surface area contributed by atoms with E-state index in [4.69, 9.17) is 17.3 Å². The lowest BCUT2D eigenvalue weighted by Crippen LogP contribution is -2.40. The fourth-order valence-corrected chi connectivity index (χ4v) is 2.78. The lowest BCUT2D eigenvalue weighted by atomic mass is 9.84. The predicted molar refractivity (Wildman–Crippen MR) is 81.4 cm³/mol. The first-order valence-electron chi connectivity index (χ1n) is 6.97. The number of rotatable bonds is 3. The molecule has 0 saturated heterocycles. The maximum Gasteiger partial charge on any atom is 0.339 e. The Labute approximate surface area is 128 Å². The van der Waals surface area contributed by atoms with Crippen molar-refractivity contribution >= 4 is 29.2 Å². The topological polar surface area (TPSA) is 81.4 Å². The Kier molecular flexibility index (Phi) is 5.20. The molecule has 21 heavy (non-hydrogen) atoms. The first-order valence-corrected chi connectivity index (χ1v) is 7.35. The molecule has 0 bridgehead atoms. The second kappa shape index (κ2) is 6.91. The van der Waals surface area contributed by atoms with Gasteiger partial charge in [0.2, 0.25) is 5.91 Å². The number of halogens is 1. The maximum absolute atomic E-state index is 12.3. The minimum absolute atomic E-state index is 0.105. The summed E-state index contributed by atoms with van der Waals surface area (Å²) in [5, 5.41) is 3.09. The zero-order valence-electron chi connectivity index (χ0n) is 11.9. The molecule has 0 spiro atoms. The van der Waals surface area contributed by atoms with Crippen LogP contribution in [0.2, 0.25) is 5.02 Å². The molecule has 1 amide bonds. The van der Waals surface area contributed by atoms with E-state index >= 15 is 0 Å². The molecule has 0 heterocycles. The number of esters is 1. The monoisotopic (exact) mass is 310 g/mol. The van der Waals surface area contributed by atoms with E-state index in [1.54, 1.807) is 12.1 Å². The quantitative estimate of drug-likeness (QED) is 0.841. The van der Waals surface area contributed by atoms with Crippen LogP contribution in [-0.2, 0) is 9.53 Å². The van der Waals surface area contributed by atoms with Crippen molar-refractivity contribution in [3.05, 3.63) is 28.8 Å². The van der Waals surface area contributed by atoms with E-state index in [9.17, 15) is 9.59 Å². The first-order chi connectivity index (χ1) is 10.0. The van der Waals surface area contributed by atoms with Gasteiger partial charge >= 0.3 is 5.97 Å². The number of anilines is 1. The number of carbonyl (C=O) groups excluding carboxylic acids is 2. The summed E-state index contributed by atoms with van der Waals surface area (Å²) < 4.78 is 4.65. The second-order valence-electron chi connectivity index (χ2n) is 5.23. The van der Waals surface area contributed by atoms with Crippen LogP contribution in [0.3, 0.4) is 0 Å². The number of methoxy groups -OCH3 is 1. The molecule has 0 radical (unpaired) electrons. The summed E-state index contributed by atoms with van der Waals surface area (Å²) in [5.41, 5.74) is 6.74. The van der Waals surface area contributed by atoms with Crippen LogP contribution >= 0.6 is 11.6 Å². The molecule has 1 fully saturated rings. The number of hydrogen-bond donors (Lipinski definition) is 2. The highest BCUT2D eigenvalue weighted by Gasteiger charge is 2.28. The average molecular weight is 311 g/mol. The molecule has 0 aromatic heterocycles. The van der Waals surface area contributed by atoms with Crippen LogP contribution in [-0.4, -0.2) is 25.0 Å². The van der Waals surface area contributed by atoms with Gasteiger partial charge in [-0.05, 0) is 31.0 Å². The molecular weight excluding hydrogens is 292 g/mol. The first kappa shape index (κ1) is 15.8. The zero-order valence-corrected chi connectivity index (χ0v) is 12.7. The van der Waals surface area contributed by atoms with Crippen molar-refractivity contribution in [2.45, 2.75) is 31.7 Å². The van der Waals surface area contributed by atoms with Crippen molar-refractivity contribution in [2.24, 2.45) is 11.7 Å². The van der Waals surface area contributed by atoms with Gasteiger partial charge in [0, 0.05) is 11.7 Å². The fraction of sp³-hybridized carbons (Fsp3) is 0.467. The van der Waals surface area contributed by atoms with Gasteiger partial charge in [-0.25, -0.2) is 4.79 Å². The van der Waals surface area contributed by atoms with Crippen molar-refractivity contribution < 1.29 is 14.3 Å². The molecule has 1 saturated carbocycles. The summed E-state index contributed by atoms with van der Waals surface area (Å²) in [6.07, 6.45) is 3.74. The summed E-state index contributed by atoms with van der Waals surface area (Å²) in [4.78, 5) is 23.9. The van der Waals surface area contributed by atoms with E-state index in [-0.39, 0.29) is 28.5 Å². The minimum atomic E-state index is -0.537. The third kappa shape index (κ3) is 3.74. The molecule has 1 aromatic rings. The highest BCUT2D eigenvalue weighted by Crippen LogP contribution is 2.26. The van der Waals surface area contributed by atoms with E-state index in [1.807, 2.05) is 0 Å². The molecule has 1 aliphatic carbocycles. The van der Waals surface area contributed by atoms with Crippen LogP contribution in [0.5, 0.6) is 0 Å². The number of benzene rings is 1. The van der Waals surface area contributed by atoms with Gasteiger partial charge < -0.3 is 15.8 Å². The Balaban J connectivity index is 2.12. The SMILES string of the molecule is COC(=O)c1cc(NC(=O)C2CCCCC2N)ccc1Cl. The highest BCUT2D eigenvalue weighted by atomic mass is 35.5. The van der Waals surface area contributed by atoms with Crippen molar-refractivity contribution in [2.75, 3.05) is 12.4 Å². The van der Waals surface area contributed by atoms with E-state index < -0.39 is 5.97 Å². The molecule has 2 unspecified atom stereocenters. The van der Waals surface area contributed by atoms with Gasteiger partial charge in [0.05, 0.1) is 23.6 Å². The Bertz CT molecular complexity index is 548. The van der Waals surface area contributed by atoms with Crippen LogP contribution in [0, 0.1) is 5.92 Å². The standard InChI is InChI=1S/C15H19ClN2O3/c1-21-15(20)11-8-9(6-7-12(11)16)18-14(19)10-4-2-3-5-13(10)17/h6-8,10,13H,2-5,17H2,1H3,(H,18,19). The Hall–Kier alpha value is -1.59. The number of amides is 1. The molecule has 2 rings (SSSR count). The maximum atomic E-state index is 12.3. The molecular formula is C15H19ClN2O3. The Morgan fingerprint density at radius 3 is 2.71 bits per heavy atom. The summed E-state index contributed by atoms with van der Waals surface area (Å²) in [6, 6.07) is 4.62. The van der Waals surface area contributed by atoms with Crippen molar-refractivity contribution in [3.63, 3.8) is 0 Å². The van der Waals surface area contributed by atoms with Crippen LogP contribution in [0.15, 0.2) is 18.2 Å². The van der Waals surface area contributed by atoms with E-state index in [2.05, 4.69) is 10.1 Å². The smallest absolute Gasteiger partial charge is 0.339 e. The van der Waals surface area contributed by atoms with Crippen LogP contribution < -0.4 is 11.1 Å². The third-order valence-electron chi connectivity index (χ3n) is 3.80. The number of hydrogen-bond acceptors (Lipinski definition) is 4. The van der Waals surface area contributed by atoms with Gasteiger partial charge in [-0.2, -0.15) is 0 Å². The summed E-state index contributed by atoms with van der Waals surface area (Å²) in [7, 11) is 1.28. The van der Waals surface area contributed by atoms with E-state index in [0.717, 1.165) is 25.7 Å². The van der Waals surface area contributed by atoms with Gasteiger partial charge in [0.15, 0.2) is 0 Å². The zero-order chi connectivity index (χ0) is 15.4. The molecule has 5 nitrogen and oxygen atoms in total. The predicted octanol–water partition coefficient (Wildman–Crippen LogP) is 2.58. The lowest BCUT2D eigenvalue weighted by Gasteiger charge is -2.27. The van der Waals surface area contributed by atoms with Gasteiger partial charge in [-0.3, -0.25) is 4.79 Å². The normalized spacial score (nSPS) is 21.7. The third-order valence-corrected chi connectivity index (χ3v) is 4.12. The number of carbonyl (C=O) groups is 2. The van der Waals surface area contributed by atoms with Crippen LogP contribution in [0.25, 0.3) is 0 Å². The van der Waals surface area contributed by atoms with E-state index in [1.165, 1.54) is 13.2 Å². The molecule has 6 heteroatoms. The molecule has 1 aromatic carbocycles. The number of ether oxygens (including phenoxy) is 1. The largest absolute Gasteiger partial charge is 0.465 e. The van der Waals surface area contributed by atoms with Crippen LogP contribution in [0.4, 0.5) is 5.69 Å². The van der Waals surface area contributed by atoms with Gasteiger partial charge in [-0.15, -0.1) is 0 Å². The Morgan fingerprint density at radius 1 is 1.33 bits per heavy atom. The summed E-state index contributed by atoms with van der Waals surface area (Å²) in [6.45, 7) is 0. The van der Waals surface area contributed by atoms with Gasteiger partial charge in [0.25, 0.3) is 0 Å². The van der Waals surface area contributed by atoms with E-state index in [0.29, 0.717) is 5.69 Å². The molecule has 0 aliphatic heterocycles. The second-order valence-corrected chi connectivity index (χ2v) is 5.64. The van der Waals surface area contributed by atoms with Gasteiger partial charge in [0.1, 0.15) is 0 Å². The van der Waals surface area contributed by atoms with Crippen molar-refractivity contribution in [1.82, 2.24) is 0 Å². The lowest BCUT2D eigenvalue weighted by molar-refractivity contribution is -0.121. The molecule has 114 valence electrons. The number of nitrogens with one attached hydrogen (secondary N) is 1. The molecule has 2 atom stereocenters. The molecule has 3 N–H and O–H groups in total. The summed E-state index contributed by atoms with van der Waals surface area (Å²) >= 11 is 5.94. The Morgan fingerprint density at radius 2 is 2.05 bits per heavy atom. The summed E-state index contributed by atoms with van der Waals surface area (Å²) in [5.74, 6) is -0.832. The van der Waals surface area contributed by atoms with Gasteiger partial charge in [-0.1, -0.05) is 24.4 Å². The van der Waals surface area contributed by atoms with Crippen LogP contribution in [0.1, 0.15) is 36.0 Å². The highest BCUT2D eigenvalue weighted by molar-refractivity contribution is 6.33. The van der Waals surface area contributed by atoms with Crippen molar-refractivity contribution in [1.29, 1.82) is 0 Å². The fourth-order valence-electron chi connectivity index (χ4n) is 2.59. The van der Waals surface area contributed by atoms with Crippen molar-refractivity contribution in [3.8, 4) is 0 Å². The minimum Gasteiger partial charge on any atom is -0.465 e. The average Bonchev–Trinajstić information content (AvgIpc) is 2.48. The number of nitrogens with two attached hydrogens (primary N) is 1.